The number of rotatable bonds is 11. The molecule has 0 saturated carbocycles. The fourth-order valence-electron chi connectivity index (χ4n) is 3.10. The second-order valence-electron chi connectivity index (χ2n) is 7.18. The summed E-state index contributed by atoms with van der Waals surface area (Å²) < 4.78 is 10.3. The molecular formula is C24H32N4O4. The number of carbonyl (C=O) groups excluding carboxylic acids is 2. The molecule has 0 heterocycles. The van der Waals surface area contributed by atoms with Crippen LogP contribution in [0.4, 0.5) is 5.69 Å². The van der Waals surface area contributed by atoms with Crippen molar-refractivity contribution in [1.82, 2.24) is 10.7 Å². The Morgan fingerprint density at radius 1 is 0.969 bits per heavy atom. The molecule has 2 rings (SSSR count). The van der Waals surface area contributed by atoms with Crippen LogP contribution in [0.15, 0.2) is 47.6 Å². The fourth-order valence-corrected chi connectivity index (χ4v) is 3.10. The Kier molecular flexibility index (Phi) is 9.53. The van der Waals surface area contributed by atoms with Crippen LogP contribution in [0.3, 0.4) is 0 Å². The van der Waals surface area contributed by atoms with Crippen molar-refractivity contribution in [1.29, 1.82) is 0 Å². The lowest BCUT2D eigenvalue weighted by molar-refractivity contribution is -0.120. The maximum absolute atomic E-state index is 12.4. The maximum Gasteiger partial charge on any atom is 0.271 e. The monoisotopic (exact) mass is 440 g/mol. The van der Waals surface area contributed by atoms with Crippen molar-refractivity contribution in [2.75, 3.05) is 32.2 Å². The molecule has 0 atom stereocenters. The van der Waals surface area contributed by atoms with Gasteiger partial charge in [-0.05, 0) is 50.6 Å². The molecule has 32 heavy (non-hydrogen) atoms. The van der Waals surface area contributed by atoms with Crippen molar-refractivity contribution in [2.45, 2.75) is 33.7 Å². The highest BCUT2D eigenvalue weighted by atomic mass is 16.5. The Balaban J connectivity index is 1.86. The first-order valence-corrected chi connectivity index (χ1v) is 10.6. The van der Waals surface area contributed by atoms with E-state index in [-0.39, 0.29) is 12.3 Å². The summed E-state index contributed by atoms with van der Waals surface area (Å²) in [7, 11) is 3.02. The van der Waals surface area contributed by atoms with Crippen molar-refractivity contribution in [3.8, 4) is 11.5 Å². The van der Waals surface area contributed by atoms with Crippen LogP contribution in [-0.2, 0) is 11.3 Å². The highest BCUT2D eigenvalue weighted by Gasteiger charge is 2.10. The lowest BCUT2D eigenvalue weighted by atomic mass is 10.2. The summed E-state index contributed by atoms with van der Waals surface area (Å²) in [6, 6.07) is 13.0. The molecule has 0 fully saturated rings. The minimum absolute atomic E-state index is 0.0826. The molecule has 0 spiro atoms. The van der Waals surface area contributed by atoms with Crippen LogP contribution < -0.4 is 25.1 Å². The van der Waals surface area contributed by atoms with Gasteiger partial charge in [-0.15, -0.1) is 0 Å². The Morgan fingerprint density at radius 2 is 1.56 bits per heavy atom. The van der Waals surface area contributed by atoms with Crippen molar-refractivity contribution >= 4 is 23.2 Å². The van der Waals surface area contributed by atoms with E-state index in [1.807, 2.05) is 12.1 Å². The lowest BCUT2D eigenvalue weighted by Crippen LogP contribution is -2.26. The van der Waals surface area contributed by atoms with Crippen molar-refractivity contribution < 1.29 is 19.1 Å². The summed E-state index contributed by atoms with van der Waals surface area (Å²) in [5, 5.41) is 6.90. The van der Waals surface area contributed by atoms with Crippen molar-refractivity contribution in [2.24, 2.45) is 5.10 Å². The highest BCUT2D eigenvalue weighted by Crippen LogP contribution is 2.22. The van der Waals surface area contributed by atoms with Gasteiger partial charge in [0.05, 0.1) is 20.6 Å². The molecule has 2 aromatic rings. The van der Waals surface area contributed by atoms with Gasteiger partial charge in [0.15, 0.2) is 0 Å². The molecule has 0 radical (unpaired) electrons. The molecule has 0 unspecified atom stereocenters. The molecule has 0 bridgehead atoms. The van der Waals surface area contributed by atoms with E-state index in [0.717, 1.165) is 24.3 Å². The number of hydrogen-bond donors (Lipinski definition) is 2. The molecule has 8 heteroatoms. The van der Waals surface area contributed by atoms with Crippen LogP contribution in [0.1, 0.15) is 43.1 Å². The molecule has 2 aromatic carbocycles. The maximum atomic E-state index is 12.4. The summed E-state index contributed by atoms with van der Waals surface area (Å²) >= 11 is 0. The van der Waals surface area contributed by atoms with Crippen LogP contribution in [0.2, 0.25) is 0 Å². The predicted octanol–water partition coefficient (Wildman–Crippen LogP) is 3.36. The average molecular weight is 441 g/mol. The zero-order valence-corrected chi connectivity index (χ0v) is 19.4. The van der Waals surface area contributed by atoms with Gasteiger partial charge in [-0.25, -0.2) is 5.43 Å². The normalized spacial score (nSPS) is 11.0. The average Bonchev–Trinajstić information content (AvgIpc) is 2.82. The summed E-state index contributed by atoms with van der Waals surface area (Å²) in [5.41, 5.74) is 5.48. The number of nitrogens with zero attached hydrogens (tertiary/aromatic N) is 2. The third-order valence-electron chi connectivity index (χ3n) is 4.93. The van der Waals surface area contributed by atoms with Crippen LogP contribution in [0, 0.1) is 0 Å². The number of carbonyl (C=O) groups is 2. The van der Waals surface area contributed by atoms with Crippen LogP contribution in [-0.4, -0.2) is 44.8 Å². The first kappa shape index (κ1) is 24.7. The van der Waals surface area contributed by atoms with Gasteiger partial charge in [0.1, 0.15) is 11.5 Å². The zero-order chi connectivity index (χ0) is 23.5. The smallest absolute Gasteiger partial charge is 0.271 e. The molecule has 0 saturated heterocycles. The predicted molar refractivity (Wildman–Crippen MR) is 127 cm³/mol. The molecule has 8 nitrogen and oxygen atoms in total. The number of methoxy groups -OCH3 is 2. The molecule has 0 aromatic heterocycles. The van der Waals surface area contributed by atoms with Gasteiger partial charge >= 0.3 is 0 Å². The van der Waals surface area contributed by atoms with E-state index in [9.17, 15) is 9.59 Å². The molecule has 2 amide bonds. The number of hydrazone groups is 1. The Hall–Kier alpha value is -3.55. The van der Waals surface area contributed by atoms with Gasteiger partial charge in [0, 0.05) is 42.7 Å². The van der Waals surface area contributed by atoms with E-state index in [4.69, 9.17) is 9.47 Å². The topological polar surface area (TPSA) is 92.3 Å². The minimum atomic E-state index is -0.421. The third kappa shape index (κ3) is 7.30. The number of ether oxygens (including phenoxy) is 2. The van der Waals surface area contributed by atoms with E-state index in [1.165, 1.54) is 14.2 Å². The van der Waals surface area contributed by atoms with E-state index in [1.54, 1.807) is 25.1 Å². The first-order chi connectivity index (χ1) is 15.4. The van der Waals surface area contributed by atoms with Crippen LogP contribution in [0.25, 0.3) is 0 Å². The molecule has 172 valence electrons. The number of hydrogen-bond acceptors (Lipinski definition) is 6. The van der Waals surface area contributed by atoms with Gasteiger partial charge in [-0.2, -0.15) is 5.10 Å². The van der Waals surface area contributed by atoms with E-state index >= 15 is 0 Å². The van der Waals surface area contributed by atoms with Gasteiger partial charge in [0.2, 0.25) is 5.91 Å². The number of benzene rings is 2. The van der Waals surface area contributed by atoms with Crippen LogP contribution in [0.5, 0.6) is 11.5 Å². The Labute approximate surface area is 189 Å². The Morgan fingerprint density at radius 3 is 2.09 bits per heavy atom. The summed E-state index contributed by atoms with van der Waals surface area (Å²) in [4.78, 5) is 26.9. The van der Waals surface area contributed by atoms with Gasteiger partial charge in [-0.1, -0.05) is 12.1 Å². The molecule has 0 aliphatic carbocycles. The third-order valence-corrected chi connectivity index (χ3v) is 4.93. The van der Waals surface area contributed by atoms with E-state index < -0.39 is 5.91 Å². The van der Waals surface area contributed by atoms with Crippen molar-refractivity contribution in [3.63, 3.8) is 0 Å². The lowest BCUT2D eigenvalue weighted by Gasteiger charge is -2.21. The number of nitrogens with one attached hydrogen (secondary N) is 2. The number of amides is 2. The van der Waals surface area contributed by atoms with E-state index in [2.05, 4.69) is 46.7 Å². The molecule has 0 aliphatic heterocycles. The van der Waals surface area contributed by atoms with Gasteiger partial charge < -0.3 is 19.7 Å². The van der Waals surface area contributed by atoms with E-state index in [0.29, 0.717) is 29.3 Å². The SMILES string of the molecule is CCN(CC)c1ccc(CNC(=O)C/C(C)=N/NC(=O)c2cc(OC)cc(OC)c2)cc1. The summed E-state index contributed by atoms with van der Waals surface area (Å²) in [6.07, 6.45) is 0.0826. The van der Waals surface area contributed by atoms with Gasteiger partial charge in [0.25, 0.3) is 5.91 Å². The molecule has 0 aliphatic rings. The second-order valence-corrected chi connectivity index (χ2v) is 7.18. The highest BCUT2D eigenvalue weighted by molar-refractivity contribution is 6.01. The minimum Gasteiger partial charge on any atom is -0.497 e. The second kappa shape index (κ2) is 12.3. The zero-order valence-electron chi connectivity index (χ0n) is 19.4. The first-order valence-electron chi connectivity index (χ1n) is 10.6. The standard InChI is InChI=1S/C24H32N4O4/c1-6-28(7-2)20-10-8-18(9-11-20)16-25-23(29)12-17(3)26-27-24(30)19-13-21(31-4)15-22(14-19)32-5/h8-11,13-15H,6-7,12,16H2,1-5H3,(H,25,29)(H,27,30)/b26-17+. The Bertz CT molecular complexity index is 915. The number of anilines is 1. The largest absolute Gasteiger partial charge is 0.497 e. The summed E-state index contributed by atoms with van der Waals surface area (Å²) in [6.45, 7) is 8.26. The quantitative estimate of drug-likeness (QED) is 0.413. The fraction of sp³-hybridized carbons (Fsp3) is 0.375. The van der Waals surface area contributed by atoms with Crippen molar-refractivity contribution in [3.05, 3.63) is 53.6 Å². The molecular weight excluding hydrogens is 408 g/mol. The molecule has 2 N–H and O–H groups in total. The van der Waals surface area contributed by atoms with Crippen LogP contribution >= 0.6 is 0 Å². The summed E-state index contributed by atoms with van der Waals surface area (Å²) in [5.74, 6) is 0.408. The van der Waals surface area contributed by atoms with Gasteiger partial charge in [-0.3, -0.25) is 9.59 Å².